The van der Waals surface area contributed by atoms with Crippen molar-refractivity contribution in [3.05, 3.63) is 0 Å². The van der Waals surface area contributed by atoms with Gasteiger partial charge in [0, 0.05) is 0 Å². The van der Waals surface area contributed by atoms with Crippen LogP contribution >= 0.6 is 0 Å². The molecule has 3 heteroatoms. The van der Waals surface area contributed by atoms with Gasteiger partial charge in [0.25, 0.3) is 0 Å². The summed E-state index contributed by atoms with van der Waals surface area (Å²) in [6.07, 6.45) is 0.928. The van der Waals surface area contributed by atoms with Gasteiger partial charge < -0.3 is 14.6 Å². The Bertz CT molecular complexity index is 95.0. The molecule has 0 bridgehead atoms. The van der Waals surface area contributed by atoms with Crippen molar-refractivity contribution in [3.63, 3.8) is 0 Å². The van der Waals surface area contributed by atoms with E-state index in [-0.39, 0.29) is 18.8 Å². The van der Waals surface area contributed by atoms with Crippen LogP contribution in [-0.2, 0) is 9.47 Å². The fraction of sp³-hybridized carbons (Fsp3) is 1.00. The highest BCUT2D eigenvalue weighted by atomic mass is 16.7. The van der Waals surface area contributed by atoms with E-state index in [1.54, 1.807) is 0 Å². The lowest BCUT2D eigenvalue weighted by atomic mass is 10.2. The molecule has 0 aromatic heterocycles. The minimum Gasteiger partial charge on any atom is -0.391 e. The average Bonchev–Trinajstić information content (AvgIpc) is 1.85. The Morgan fingerprint density at radius 3 is 2.20 bits per heavy atom. The van der Waals surface area contributed by atoms with Gasteiger partial charge in [0.2, 0.25) is 0 Å². The molecule has 0 aromatic carbocycles. The zero-order valence-corrected chi connectivity index (χ0v) is 6.41. The SMILES string of the molecule is C[C@@H]1C[C@H](C)OC(CO)O1. The van der Waals surface area contributed by atoms with Crippen LogP contribution in [0.3, 0.4) is 0 Å². The van der Waals surface area contributed by atoms with Crippen LogP contribution in [0.4, 0.5) is 0 Å². The van der Waals surface area contributed by atoms with Crippen molar-refractivity contribution in [1.29, 1.82) is 0 Å². The Labute approximate surface area is 60.9 Å². The maximum atomic E-state index is 8.68. The van der Waals surface area contributed by atoms with Gasteiger partial charge >= 0.3 is 0 Å². The molecule has 0 amide bonds. The van der Waals surface area contributed by atoms with E-state index in [1.807, 2.05) is 13.8 Å². The van der Waals surface area contributed by atoms with Gasteiger partial charge in [0.05, 0.1) is 18.8 Å². The van der Waals surface area contributed by atoms with Crippen molar-refractivity contribution >= 4 is 0 Å². The monoisotopic (exact) mass is 146 g/mol. The molecule has 1 heterocycles. The minimum absolute atomic E-state index is 0.0469. The summed E-state index contributed by atoms with van der Waals surface area (Å²) in [6, 6.07) is 0. The molecule has 0 radical (unpaired) electrons. The smallest absolute Gasteiger partial charge is 0.181 e. The van der Waals surface area contributed by atoms with Crippen molar-refractivity contribution < 1.29 is 14.6 Å². The van der Waals surface area contributed by atoms with E-state index in [0.29, 0.717) is 0 Å². The zero-order valence-electron chi connectivity index (χ0n) is 6.41. The molecule has 1 aliphatic rings. The number of rotatable bonds is 1. The van der Waals surface area contributed by atoms with Crippen molar-refractivity contribution in [3.8, 4) is 0 Å². The van der Waals surface area contributed by atoms with Crippen LogP contribution in [0.5, 0.6) is 0 Å². The third kappa shape index (κ3) is 1.94. The highest BCUT2D eigenvalue weighted by Crippen LogP contribution is 2.16. The number of hydrogen-bond acceptors (Lipinski definition) is 3. The Balaban J connectivity index is 2.35. The topological polar surface area (TPSA) is 38.7 Å². The summed E-state index contributed by atoms with van der Waals surface area (Å²) in [5.41, 5.74) is 0. The summed E-state index contributed by atoms with van der Waals surface area (Å²) in [4.78, 5) is 0. The molecular weight excluding hydrogens is 132 g/mol. The number of aliphatic hydroxyl groups excluding tert-OH is 1. The molecule has 1 fully saturated rings. The molecule has 1 aliphatic heterocycles. The summed E-state index contributed by atoms with van der Waals surface area (Å²) in [7, 11) is 0. The van der Waals surface area contributed by atoms with Gasteiger partial charge in [0.1, 0.15) is 0 Å². The minimum atomic E-state index is -0.404. The van der Waals surface area contributed by atoms with E-state index in [2.05, 4.69) is 0 Å². The van der Waals surface area contributed by atoms with E-state index < -0.39 is 6.29 Å². The van der Waals surface area contributed by atoms with Gasteiger partial charge in [-0.1, -0.05) is 0 Å². The Kier molecular flexibility index (Phi) is 2.65. The van der Waals surface area contributed by atoms with Crippen molar-refractivity contribution in [1.82, 2.24) is 0 Å². The first-order valence-corrected chi connectivity index (χ1v) is 3.64. The number of hydrogen-bond donors (Lipinski definition) is 1. The lowest BCUT2D eigenvalue weighted by molar-refractivity contribution is -0.246. The molecule has 0 aromatic rings. The maximum Gasteiger partial charge on any atom is 0.181 e. The van der Waals surface area contributed by atoms with Crippen molar-refractivity contribution in [2.24, 2.45) is 0 Å². The van der Waals surface area contributed by atoms with Crippen LogP contribution in [0.1, 0.15) is 20.3 Å². The van der Waals surface area contributed by atoms with Crippen LogP contribution in [0, 0.1) is 0 Å². The van der Waals surface area contributed by atoms with Gasteiger partial charge in [-0.25, -0.2) is 0 Å². The highest BCUT2D eigenvalue weighted by Gasteiger charge is 2.23. The summed E-state index contributed by atoms with van der Waals surface area (Å²) in [5.74, 6) is 0. The predicted octanol–water partition coefficient (Wildman–Crippen LogP) is 0.519. The molecule has 1 N–H and O–H groups in total. The molecule has 0 spiro atoms. The van der Waals surface area contributed by atoms with Crippen LogP contribution in [0.25, 0.3) is 0 Å². The number of ether oxygens (including phenoxy) is 2. The van der Waals surface area contributed by atoms with Crippen LogP contribution in [0.2, 0.25) is 0 Å². The van der Waals surface area contributed by atoms with E-state index in [0.717, 1.165) is 6.42 Å². The molecule has 3 atom stereocenters. The lowest BCUT2D eigenvalue weighted by Crippen LogP contribution is -2.37. The second-order valence-corrected chi connectivity index (χ2v) is 2.74. The number of aliphatic hydroxyl groups is 1. The molecule has 1 saturated heterocycles. The fourth-order valence-electron chi connectivity index (χ4n) is 1.21. The summed E-state index contributed by atoms with van der Waals surface area (Å²) < 4.78 is 10.5. The maximum absolute atomic E-state index is 8.68. The van der Waals surface area contributed by atoms with Gasteiger partial charge in [-0.05, 0) is 20.3 Å². The standard InChI is InChI=1S/C7H14O3/c1-5-3-6(2)10-7(4-8)9-5/h5-8H,3-4H2,1-2H3/t5-,6+,7?. The summed E-state index contributed by atoms with van der Waals surface area (Å²) >= 11 is 0. The second kappa shape index (κ2) is 3.32. The average molecular weight is 146 g/mol. The van der Waals surface area contributed by atoms with Crippen LogP contribution in [0.15, 0.2) is 0 Å². The Hall–Kier alpha value is -0.120. The van der Waals surface area contributed by atoms with Crippen LogP contribution < -0.4 is 0 Å². The van der Waals surface area contributed by atoms with Gasteiger partial charge in [-0.3, -0.25) is 0 Å². The van der Waals surface area contributed by atoms with Gasteiger partial charge in [-0.15, -0.1) is 0 Å². The van der Waals surface area contributed by atoms with Crippen LogP contribution in [-0.4, -0.2) is 30.2 Å². The normalized spacial score (nSPS) is 41.7. The van der Waals surface area contributed by atoms with E-state index in [1.165, 1.54) is 0 Å². The molecule has 10 heavy (non-hydrogen) atoms. The first-order valence-electron chi connectivity index (χ1n) is 3.64. The Morgan fingerprint density at radius 2 is 1.80 bits per heavy atom. The summed E-state index contributed by atoms with van der Waals surface area (Å²) in [5, 5.41) is 8.68. The zero-order chi connectivity index (χ0) is 7.56. The lowest BCUT2D eigenvalue weighted by Gasteiger charge is -2.31. The highest BCUT2D eigenvalue weighted by molar-refractivity contribution is 4.64. The Morgan fingerprint density at radius 1 is 1.30 bits per heavy atom. The van der Waals surface area contributed by atoms with Crippen molar-refractivity contribution in [2.45, 2.75) is 38.8 Å². The van der Waals surface area contributed by atoms with E-state index in [9.17, 15) is 0 Å². The molecule has 1 unspecified atom stereocenters. The van der Waals surface area contributed by atoms with Gasteiger partial charge in [0.15, 0.2) is 6.29 Å². The third-order valence-electron chi connectivity index (χ3n) is 1.58. The predicted molar refractivity (Wildman–Crippen MR) is 36.6 cm³/mol. The third-order valence-corrected chi connectivity index (χ3v) is 1.58. The molecule has 1 rings (SSSR count). The first-order chi connectivity index (χ1) is 4.72. The van der Waals surface area contributed by atoms with E-state index >= 15 is 0 Å². The molecule has 60 valence electrons. The molecule has 3 nitrogen and oxygen atoms in total. The molecule has 0 aliphatic carbocycles. The first kappa shape index (κ1) is 7.98. The largest absolute Gasteiger partial charge is 0.391 e. The van der Waals surface area contributed by atoms with Crippen molar-refractivity contribution in [2.75, 3.05) is 6.61 Å². The van der Waals surface area contributed by atoms with Gasteiger partial charge in [-0.2, -0.15) is 0 Å². The fourth-order valence-corrected chi connectivity index (χ4v) is 1.21. The quantitative estimate of drug-likeness (QED) is 0.586. The van der Waals surface area contributed by atoms with E-state index in [4.69, 9.17) is 14.6 Å². The summed E-state index contributed by atoms with van der Waals surface area (Å²) in [6.45, 7) is 3.93. The molecule has 0 saturated carbocycles. The second-order valence-electron chi connectivity index (χ2n) is 2.74. The molecular formula is C7H14O3.